The van der Waals surface area contributed by atoms with Crippen LogP contribution in [0.15, 0.2) is 39.5 Å². The van der Waals surface area contributed by atoms with Crippen LogP contribution < -0.4 is 15.2 Å². The molecular weight excluding hydrogens is 475 g/mol. The van der Waals surface area contributed by atoms with Crippen molar-refractivity contribution in [3.05, 3.63) is 68.9 Å². The van der Waals surface area contributed by atoms with Gasteiger partial charge in [-0.3, -0.25) is 9.59 Å². The highest BCUT2D eigenvalue weighted by molar-refractivity contribution is 5.98. The molecule has 0 radical (unpaired) electrons. The lowest BCUT2D eigenvalue weighted by Crippen LogP contribution is -2.43. The number of benzene rings is 2. The van der Waals surface area contributed by atoms with Crippen LogP contribution in [0.25, 0.3) is 11.0 Å². The fraction of sp³-hybridized carbons (Fsp3) is 0.385. The molecule has 1 aromatic heterocycles. The number of morpholine rings is 1. The summed E-state index contributed by atoms with van der Waals surface area (Å²) >= 11 is 0. The summed E-state index contributed by atoms with van der Waals surface area (Å²) in [6.07, 6.45) is -0.214. The van der Waals surface area contributed by atoms with Gasteiger partial charge < -0.3 is 23.9 Å². The van der Waals surface area contributed by atoms with E-state index in [-0.39, 0.29) is 41.3 Å². The van der Waals surface area contributed by atoms with Gasteiger partial charge in [0.15, 0.2) is 11.3 Å². The SMILES string of the molecule is CN(C)C(=O)c1cc(CN2CCc3c(F)cc(F)cc32)c2oc(N3CCO[C@H](CF)C3)cc(=O)c2c1. The second-order valence-electron chi connectivity index (χ2n) is 9.31. The first-order valence-electron chi connectivity index (χ1n) is 11.7. The average molecular weight is 502 g/mol. The number of anilines is 2. The van der Waals surface area contributed by atoms with Crippen LogP contribution in [0.5, 0.6) is 0 Å². The standard InChI is InChI=1S/C26H26F3N3O4/c1-30(2)26(34)15-7-16(13-31-4-3-19-21(29)9-17(28)10-22(19)31)25-20(8-15)23(33)11-24(36-25)32-5-6-35-18(12-27)14-32/h7-11,18H,3-6,12-14H2,1-2H3/t18-/m1/s1. The number of hydrogen-bond acceptors (Lipinski definition) is 6. The minimum atomic E-state index is -0.678. The Hall–Kier alpha value is -3.53. The van der Waals surface area contributed by atoms with Gasteiger partial charge in [0.05, 0.1) is 12.0 Å². The third-order valence-electron chi connectivity index (χ3n) is 6.64. The highest BCUT2D eigenvalue weighted by atomic mass is 19.1. The van der Waals surface area contributed by atoms with Crippen LogP contribution in [0.2, 0.25) is 0 Å². The molecule has 1 amide bonds. The first-order chi connectivity index (χ1) is 17.2. The highest BCUT2D eigenvalue weighted by Gasteiger charge is 2.27. The number of halogens is 3. The predicted molar refractivity (Wildman–Crippen MR) is 130 cm³/mol. The van der Waals surface area contributed by atoms with Gasteiger partial charge in [0.25, 0.3) is 5.91 Å². The van der Waals surface area contributed by atoms with Gasteiger partial charge in [0.2, 0.25) is 0 Å². The molecule has 0 N–H and O–H groups in total. The van der Waals surface area contributed by atoms with Crippen molar-refractivity contribution < 1.29 is 27.1 Å². The third-order valence-corrected chi connectivity index (χ3v) is 6.64. The zero-order chi connectivity index (χ0) is 25.6. The van der Waals surface area contributed by atoms with E-state index >= 15 is 0 Å². The Morgan fingerprint density at radius 3 is 2.69 bits per heavy atom. The van der Waals surface area contributed by atoms with E-state index in [0.717, 1.165) is 6.07 Å². The summed E-state index contributed by atoms with van der Waals surface area (Å²) in [6, 6.07) is 6.64. The molecule has 2 aliphatic heterocycles. The smallest absolute Gasteiger partial charge is 0.253 e. The largest absolute Gasteiger partial charge is 0.440 e. The zero-order valence-electron chi connectivity index (χ0n) is 20.0. The first-order valence-corrected chi connectivity index (χ1v) is 11.7. The van der Waals surface area contributed by atoms with Gasteiger partial charge >= 0.3 is 0 Å². The summed E-state index contributed by atoms with van der Waals surface area (Å²) in [5, 5.41) is 0.224. The molecule has 0 saturated carbocycles. The summed E-state index contributed by atoms with van der Waals surface area (Å²) in [5.41, 5.74) is 1.63. The molecule has 0 spiro atoms. The molecule has 1 fully saturated rings. The van der Waals surface area contributed by atoms with Crippen LogP contribution in [0.4, 0.5) is 24.7 Å². The molecule has 0 bridgehead atoms. The van der Waals surface area contributed by atoms with Crippen LogP contribution in [0.3, 0.4) is 0 Å². The summed E-state index contributed by atoms with van der Waals surface area (Å²) in [7, 11) is 3.22. The number of amides is 1. The molecule has 2 aliphatic rings. The Morgan fingerprint density at radius 1 is 1.14 bits per heavy atom. The van der Waals surface area contributed by atoms with Gasteiger partial charge in [-0.25, -0.2) is 13.2 Å². The molecule has 1 saturated heterocycles. The van der Waals surface area contributed by atoms with E-state index in [2.05, 4.69) is 0 Å². The molecule has 2 aromatic carbocycles. The Kier molecular flexibility index (Phi) is 6.38. The molecule has 190 valence electrons. The van der Waals surface area contributed by atoms with Gasteiger partial charge in [-0.05, 0) is 24.6 Å². The Morgan fingerprint density at radius 2 is 1.94 bits per heavy atom. The fourth-order valence-electron chi connectivity index (χ4n) is 4.84. The molecule has 7 nitrogen and oxygen atoms in total. The second-order valence-corrected chi connectivity index (χ2v) is 9.31. The third kappa shape index (κ3) is 4.41. The minimum Gasteiger partial charge on any atom is -0.440 e. The molecule has 5 rings (SSSR count). The lowest BCUT2D eigenvalue weighted by molar-refractivity contribution is 0.0235. The fourth-order valence-corrected chi connectivity index (χ4v) is 4.84. The van der Waals surface area contributed by atoms with Gasteiger partial charge in [0, 0.05) is 74.8 Å². The van der Waals surface area contributed by atoms with Crippen LogP contribution in [-0.2, 0) is 17.7 Å². The molecular formula is C26H26F3N3O4. The second kappa shape index (κ2) is 9.50. The molecule has 0 unspecified atom stereocenters. The topological polar surface area (TPSA) is 66.2 Å². The molecule has 36 heavy (non-hydrogen) atoms. The number of nitrogens with zero attached hydrogens (tertiary/aromatic N) is 3. The van der Waals surface area contributed by atoms with E-state index in [4.69, 9.17) is 9.15 Å². The summed E-state index contributed by atoms with van der Waals surface area (Å²) in [5.74, 6) is -1.29. The quantitative estimate of drug-likeness (QED) is 0.533. The first kappa shape index (κ1) is 24.2. The number of rotatable bonds is 5. The lowest BCUT2D eigenvalue weighted by Gasteiger charge is -2.32. The average Bonchev–Trinajstić information content (AvgIpc) is 3.26. The number of carbonyl (C=O) groups excluding carboxylic acids is 1. The van der Waals surface area contributed by atoms with Crippen molar-refractivity contribution in [2.75, 3.05) is 56.8 Å². The van der Waals surface area contributed by atoms with Gasteiger partial charge in [-0.15, -0.1) is 0 Å². The van der Waals surface area contributed by atoms with Crippen LogP contribution >= 0.6 is 0 Å². The molecule has 3 aromatic rings. The zero-order valence-corrected chi connectivity index (χ0v) is 20.0. The Bertz CT molecular complexity index is 1390. The predicted octanol–water partition coefficient (Wildman–Crippen LogP) is 3.51. The van der Waals surface area contributed by atoms with E-state index in [9.17, 15) is 22.8 Å². The summed E-state index contributed by atoms with van der Waals surface area (Å²) in [4.78, 5) is 30.9. The van der Waals surface area contributed by atoms with Crippen molar-refractivity contribution in [3.63, 3.8) is 0 Å². The van der Waals surface area contributed by atoms with Crippen molar-refractivity contribution in [1.82, 2.24) is 4.90 Å². The van der Waals surface area contributed by atoms with Gasteiger partial charge in [0.1, 0.15) is 30.0 Å². The van der Waals surface area contributed by atoms with Crippen molar-refractivity contribution in [2.24, 2.45) is 0 Å². The highest BCUT2D eigenvalue weighted by Crippen LogP contribution is 2.34. The van der Waals surface area contributed by atoms with Crippen molar-refractivity contribution in [2.45, 2.75) is 19.1 Å². The molecule has 3 heterocycles. The van der Waals surface area contributed by atoms with Gasteiger partial charge in [-0.1, -0.05) is 0 Å². The maximum Gasteiger partial charge on any atom is 0.253 e. The van der Waals surface area contributed by atoms with Crippen LogP contribution in [-0.4, -0.2) is 63.9 Å². The van der Waals surface area contributed by atoms with E-state index in [1.165, 1.54) is 23.1 Å². The molecule has 10 heteroatoms. The normalized spacial score (nSPS) is 17.5. The number of hydrogen-bond donors (Lipinski definition) is 0. The number of fused-ring (bicyclic) bond motifs is 2. The van der Waals surface area contributed by atoms with E-state index < -0.39 is 24.4 Å². The number of ether oxygens (including phenoxy) is 1. The lowest BCUT2D eigenvalue weighted by atomic mass is 10.0. The Labute approximate surface area is 205 Å². The molecule has 1 atom stereocenters. The van der Waals surface area contributed by atoms with E-state index in [1.54, 1.807) is 30.0 Å². The maximum absolute atomic E-state index is 14.3. The van der Waals surface area contributed by atoms with Crippen LogP contribution in [0, 0.1) is 11.6 Å². The monoisotopic (exact) mass is 501 g/mol. The van der Waals surface area contributed by atoms with Crippen molar-refractivity contribution in [3.8, 4) is 0 Å². The molecule has 0 aliphatic carbocycles. The van der Waals surface area contributed by atoms with Crippen molar-refractivity contribution in [1.29, 1.82) is 0 Å². The van der Waals surface area contributed by atoms with Crippen molar-refractivity contribution >= 4 is 28.4 Å². The van der Waals surface area contributed by atoms with Gasteiger partial charge in [-0.2, -0.15) is 0 Å². The van der Waals surface area contributed by atoms with E-state index in [0.29, 0.717) is 48.5 Å². The number of carbonyl (C=O) groups is 1. The maximum atomic E-state index is 14.3. The minimum absolute atomic E-state index is 0.170. The number of alkyl halides is 1. The Balaban J connectivity index is 1.62. The summed E-state index contributed by atoms with van der Waals surface area (Å²) < 4.78 is 53.1. The summed E-state index contributed by atoms with van der Waals surface area (Å²) in [6.45, 7) is 0.904. The van der Waals surface area contributed by atoms with Crippen LogP contribution in [0.1, 0.15) is 21.5 Å². The van der Waals surface area contributed by atoms with E-state index in [1.807, 2.05) is 0 Å².